The largest absolute Gasteiger partial charge is 0.264 e. The lowest BCUT2D eigenvalue weighted by atomic mass is 9.96. The zero-order chi connectivity index (χ0) is 33.0. The summed E-state index contributed by atoms with van der Waals surface area (Å²) in [6, 6.07) is 48.8. The average Bonchev–Trinajstić information content (AvgIpc) is 3.19. The van der Waals surface area contributed by atoms with E-state index in [2.05, 4.69) is 136 Å². The highest BCUT2D eigenvalue weighted by molar-refractivity contribution is 6.10. The van der Waals surface area contributed by atoms with Crippen molar-refractivity contribution in [1.82, 2.24) is 24.9 Å². The lowest BCUT2D eigenvalue weighted by Crippen LogP contribution is -1.90. The molecule has 5 heteroatoms. The highest BCUT2D eigenvalue weighted by atomic mass is 14.7. The van der Waals surface area contributed by atoms with Crippen LogP contribution in [0.5, 0.6) is 0 Å². The summed E-state index contributed by atoms with van der Waals surface area (Å²) in [7, 11) is 0. The van der Waals surface area contributed by atoms with E-state index in [0.717, 1.165) is 99.2 Å². The lowest BCUT2D eigenvalue weighted by molar-refractivity contribution is 1.35. The molecule has 0 amide bonds. The summed E-state index contributed by atoms with van der Waals surface area (Å²) in [5.41, 5.74) is 12.3. The van der Waals surface area contributed by atoms with E-state index >= 15 is 0 Å². The van der Waals surface area contributed by atoms with Crippen LogP contribution in [0.2, 0.25) is 0 Å². The van der Waals surface area contributed by atoms with Crippen molar-refractivity contribution in [2.24, 2.45) is 0 Å². The van der Waals surface area contributed by atoms with Crippen LogP contribution in [0.3, 0.4) is 0 Å². The minimum Gasteiger partial charge on any atom is -0.264 e. The Morgan fingerprint density at radius 3 is 2.02 bits per heavy atom. The van der Waals surface area contributed by atoms with Crippen LogP contribution in [0.1, 0.15) is 0 Å². The van der Waals surface area contributed by atoms with Gasteiger partial charge in [0.25, 0.3) is 0 Å². The molecule has 0 aliphatic heterocycles. The van der Waals surface area contributed by atoms with Crippen LogP contribution >= 0.6 is 0 Å². The maximum atomic E-state index is 5.10. The molecule has 5 aromatic carbocycles. The van der Waals surface area contributed by atoms with Crippen molar-refractivity contribution in [3.8, 4) is 44.8 Å². The number of aromatic nitrogens is 5. The van der Waals surface area contributed by atoms with Gasteiger partial charge in [0.05, 0.1) is 33.5 Å². The van der Waals surface area contributed by atoms with E-state index in [1.807, 2.05) is 43.0 Å². The Bertz CT molecular complexity index is 2930. The second kappa shape index (κ2) is 11.4. The molecule has 5 nitrogen and oxygen atoms in total. The molecular formula is C45H27N5. The first kappa shape index (κ1) is 28.2. The fraction of sp³-hybridized carbons (Fsp3) is 0. The zero-order valence-corrected chi connectivity index (χ0v) is 26.8. The Hall–Kier alpha value is -6.85. The van der Waals surface area contributed by atoms with Crippen molar-refractivity contribution in [3.05, 3.63) is 164 Å². The number of hydrogen-bond acceptors (Lipinski definition) is 5. The molecule has 0 fully saturated rings. The SMILES string of the molecule is c1cc(-c2ccc3ccc(-c4ccc5nc(-c6ccc(-c7cc8cccnc8c8ncccc78)cc6)ccc5c4)cc3n2)c2cnccc2c1. The predicted molar refractivity (Wildman–Crippen MR) is 205 cm³/mol. The Kier molecular flexibility index (Phi) is 6.42. The van der Waals surface area contributed by atoms with E-state index in [9.17, 15) is 0 Å². The summed E-state index contributed by atoms with van der Waals surface area (Å²) in [6.45, 7) is 0. The number of nitrogens with zero attached hydrogens (tertiary/aromatic N) is 5. The number of fused-ring (bicyclic) bond motifs is 6. The van der Waals surface area contributed by atoms with E-state index in [4.69, 9.17) is 9.97 Å². The van der Waals surface area contributed by atoms with E-state index in [1.165, 1.54) is 0 Å². The monoisotopic (exact) mass is 637 g/mol. The Morgan fingerprint density at radius 1 is 0.360 bits per heavy atom. The molecule has 232 valence electrons. The Morgan fingerprint density at radius 2 is 1.08 bits per heavy atom. The van der Waals surface area contributed by atoms with Gasteiger partial charge in [0, 0.05) is 62.8 Å². The summed E-state index contributed by atoms with van der Waals surface area (Å²) in [5.74, 6) is 0. The molecule has 0 saturated heterocycles. The predicted octanol–water partition coefficient (Wildman–Crippen LogP) is 11.1. The van der Waals surface area contributed by atoms with Crippen molar-refractivity contribution in [1.29, 1.82) is 0 Å². The third-order valence-electron chi connectivity index (χ3n) is 9.63. The quantitative estimate of drug-likeness (QED) is 0.180. The van der Waals surface area contributed by atoms with Crippen molar-refractivity contribution in [2.75, 3.05) is 0 Å². The van der Waals surface area contributed by atoms with Gasteiger partial charge in [-0.3, -0.25) is 15.0 Å². The van der Waals surface area contributed by atoms with Crippen molar-refractivity contribution < 1.29 is 0 Å². The zero-order valence-electron chi connectivity index (χ0n) is 26.8. The van der Waals surface area contributed by atoms with Crippen molar-refractivity contribution in [2.45, 2.75) is 0 Å². The average molecular weight is 638 g/mol. The first-order chi connectivity index (χ1) is 24.7. The van der Waals surface area contributed by atoms with E-state index < -0.39 is 0 Å². The van der Waals surface area contributed by atoms with Crippen LogP contribution in [0, 0.1) is 0 Å². The van der Waals surface area contributed by atoms with Crippen LogP contribution in [-0.4, -0.2) is 24.9 Å². The standard InChI is InChI=1S/C45H27N5/c1-4-28-20-23-46-27-39(28)36(6-1)42-19-14-31-12-13-33(26-43(31)50-42)32-15-17-41-34(24-32)16-18-40(49-41)30-10-8-29(9-11-30)38-25-35-5-2-21-47-44(35)45-37(38)7-3-22-48-45/h1-27H. The van der Waals surface area contributed by atoms with Gasteiger partial charge in [-0.15, -0.1) is 0 Å². The van der Waals surface area contributed by atoms with Crippen LogP contribution in [0.4, 0.5) is 0 Å². The van der Waals surface area contributed by atoms with Gasteiger partial charge in [0.1, 0.15) is 0 Å². The molecule has 0 radical (unpaired) electrons. The molecule has 0 aliphatic rings. The lowest BCUT2D eigenvalue weighted by Gasteiger charge is -2.11. The van der Waals surface area contributed by atoms with Crippen LogP contribution in [0.25, 0.3) is 99.2 Å². The fourth-order valence-corrected chi connectivity index (χ4v) is 7.09. The summed E-state index contributed by atoms with van der Waals surface area (Å²) < 4.78 is 0. The number of pyridine rings is 5. The fourth-order valence-electron chi connectivity index (χ4n) is 7.09. The van der Waals surface area contributed by atoms with E-state index in [0.29, 0.717) is 0 Å². The third kappa shape index (κ3) is 4.75. The van der Waals surface area contributed by atoms with Crippen molar-refractivity contribution in [3.63, 3.8) is 0 Å². The molecule has 0 bridgehead atoms. The second-order valence-corrected chi connectivity index (χ2v) is 12.6. The summed E-state index contributed by atoms with van der Waals surface area (Å²) in [6.07, 6.45) is 7.40. The molecule has 10 aromatic rings. The maximum absolute atomic E-state index is 5.10. The minimum atomic E-state index is 0.920. The molecule has 0 spiro atoms. The molecule has 0 unspecified atom stereocenters. The molecule has 0 aliphatic carbocycles. The Balaban J connectivity index is 0.967. The van der Waals surface area contributed by atoms with E-state index in [1.54, 1.807) is 0 Å². The molecule has 0 N–H and O–H groups in total. The van der Waals surface area contributed by atoms with Gasteiger partial charge in [-0.05, 0) is 82.2 Å². The Labute approximate surface area is 287 Å². The smallest absolute Gasteiger partial charge is 0.0970 e. The van der Waals surface area contributed by atoms with Crippen LogP contribution in [0.15, 0.2) is 164 Å². The molecule has 0 saturated carbocycles. The number of hydrogen-bond donors (Lipinski definition) is 0. The van der Waals surface area contributed by atoms with Gasteiger partial charge in [0.15, 0.2) is 0 Å². The van der Waals surface area contributed by atoms with Gasteiger partial charge in [-0.1, -0.05) is 84.9 Å². The normalized spacial score (nSPS) is 11.6. The molecule has 5 heterocycles. The topological polar surface area (TPSA) is 64.5 Å². The molecule has 5 aromatic heterocycles. The first-order valence-corrected chi connectivity index (χ1v) is 16.6. The first-order valence-electron chi connectivity index (χ1n) is 16.6. The highest BCUT2D eigenvalue weighted by Crippen LogP contribution is 2.35. The summed E-state index contributed by atoms with van der Waals surface area (Å²) in [4.78, 5) is 23.8. The third-order valence-corrected chi connectivity index (χ3v) is 9.63. The van der Waals surface area contributed by atoms with E-state index in [-0.39, 0.29) is 0 Å². The maximum Gasteiger partial charge on any atom is 0.0970 e. The summed E-state index contributed by atoms with van der Waals surface area (Å²) >= 11 is 0. The highest BCUT2D eigenvalue weighted by Gasteiger charge is 2.12. The number of rotatable bonds is 4. The van der Waals surface area contributed by atoms with Gasteiger partial charge < -0.3 is 0 Å². The molecule has 10 rings (SSSR count). The number of benzene rings is 5. The minimum absolute atomic E-state index is 0.920. The molecule has 0 atom stereocenters. The molecule has 50 heavy (non-hydrogen) atoms. The van der Waals surface area contributed by atoms with Gasteiger partial charge in [-0.2, -0.15) is 0 Å². The molecular weight excluding hydrogens is 611 g/mol. The van der Waals surface area contributed by atoms with Crippen LogP contribution in [-0.2, 0) is 0 Å². The van der Waals surface area contributed by atoms with Gasteiger partial charge in [-0.25, -0.2) is 9.97 Å². The van der Waals surface area contributed by atoms with Gasteiger partial charge in [0.2, 0.25) is 0 Å². The second-order valence-electron chi connectivity index (χ2n) is 12.6. The van der Waals surface area contributed by atoms with Crippen molar-refractivity contribution >= 4 is 54.4 Å². The van der Waals surface area contributed by atoms with Crippen LogP contribution < -0.4 is 0 Å². The summed E-state index contributed by atoms with van der Waals surface area (Å²) in [5, 5.41) is 6.63. The van der Waals surface area contributed by atoms with Gasteiger partial charge >= 0.3 is 0 Å².